The minimum absolute atomic E-state index is 0.0491. The standard InChI is InChI=1S/C15H18N2O4S/c1-8(10-5-6-11(20-3)12(7-10)21-4)16-15-17-9(2)13(22-15)14(18)19/h5-8H,1-4H3,(H,16,17)(H,18,19)/t8-/m1/s1. The first-order valence-electron chi connectivity index (χ1n) is 6.65. The van der Waals surface area contributed by atoms with Gasteiger partial charge in [0.1, 0.15) is 4.88 Å². The van der Waals surface area contributed by atoms with Crippen LogP contribution in [0.3, 0.4) is 0 Å². The van der Waals surface area contributed by atoms with Crippen LogP contribution in [-0.4, -0.2) is 30.3 Å². The van der Waals surface area contributed by atoms with Crippen LogP contribution >= 0.6 is 11.3 Å². The van der Waals surface area contributed by atoms with Gasteiger partial charge in [-0.25, -0.2) is 9.78 Å². The van der Waals surface area contributed by atoms with Gasteiger partial charge < -0.3 is 19.9 Å². The van der Waals surface area contributed by atoms with Crippen LogP contribution in [0.15, 0.2) is 18.2 Å². The third-order valence-corrected chi connectivity index (χ3v) is 4.32. The van der Waals surface area contributed by atoms with Crippen LogP contribution in [-0.2, 0) is 0 Å². The van der Waals surface area contributed by atoms with Crippen LogP contribution in [0.5, 0.6) is 11.5 Å². The predicted molar refractivity (Wildman–Crippen MR) is 85.4 cm³/mol. The summed E-state index contributed by atoms with van der Waals surface area (Å²) in [4.78, 5) is 15.6. The summed E-state index contributed by atoms with van der Waals surface area (Å²) in [6.07, 6.45) is 0. The second-order valence-corrected chi connectivity index (χ2v) is 5.72. The number of aromatic carboxylic acids is 1. The highest BCUT2D eigenvalue weighted by Gasteiger charge is 2.16. The number of hydrogen-bond donors (Lipinski definition) is 2. The number of carboxylic acids is 1. The fourth-order valence-corrected chi connectivity index (χ4v) is 2.94. The summed E-state index contributed by atoms with van der Waals surface area (Å²) < 4.78 is 10.5. The van der Waals surface area contributed by atoms with Crippen LogP contribution in [0.2, 0.25) is 0 Å². The Bertz CT molecular complexity index is 684. The van der Waals surface area contributed by atoms with Crippen molar-refractivity contribution in [2.24, 2.45) is 0 Å². The number of aromatic nitrogens is 1. The third-order valence-electron chi connectivity index (χ3n) is 3.24. The fraction of sp³-hybridized carbons (Fsp3) is 0.333. The van der Waals surface area contributed by atoms with Crippen molar-refractivity contribution in [3.8, 4) is 11.5 Å². The van der Waals surface area contributed by atoms with Crippen molar-refractivity contribution in [3.05, 3.63) is 34.3 Å². The van der Waals surface area contributed by atoms with Crippen molar-refractivity contribution in [1.29, 1.82) is 0 Å². The summed E-state index contributed by atoms with van der Waals surface area (Å²) in [5.74, 6) is 0.355. The van der Waals surface area contributed by atoms with Crippen molar-refractivity contribution in [2.45, 2.75) is 19.9 Å². The van der Waals surface area contributed by atoms with Crippen LogP contribution in [0, 0.1) is 6.92 Å². The largest absolute Gasteiger partial charge is 0.493 e. The molecular formula is C15H18N2O4S. The Balaban J connectivity index is 2.20. The average Bonchev–Trinajstić information content (AvgIpc) is 2.87. The molecule has 2 rings (SSSR count). The first kappa shape index (κ1) is 16.1. The number of aryl methyl sites for hydroxylation is 1. The first-order valence-corrected chi connectivity index (χ1v) is 7.47. The molecule has 6 nitrogen and oxygen atoms in total. The minimum atomic E-state index is -0.957. The number of carbonyl (C=O) groups is 1. The van der Waals surface area contributed by atoms with Gasteiger partial charge in [-0.05, 0) is 31.5 Å². The molecule has 0 bridgehead atoms. The summed E-state index contributed by atoms with van der Waals surface area (Å²) in [5.41, 5.74) is 1.50. The number of ether oxygens (including phenoxy) is 2. The molecular weight excluding hydrogens is 304 g/mol. The first-order chi connectivity index (χ1) is 10.5. The zero-order chi connectivity index (χ0) is 16.3. The molecule has 0 amide bonds. The molecule has 7 heteroatoms. The highest BCUT2D eigenvalue weighted by atomic mass is 32.1. The molecule has 0 aliphatic heterocycles. The summed E-state index contributed by atoms with van der Waals surface area (Å²) in [6, 6.07) is 5.60. The number of methoxy groups -OCH3 is 2. The zero-order valence-corrected chi connectivity index (χ0v) is 13.7. The molecule has 22 heavy (non-hydrogen) atoms. The molecule has 0 saturated heterocycles. The monoisotopic (exact) mass is 322 g/mol. The van der Waals surface area contributed by atoms with Crippen molar-refractivity contribution >= 4 is 22.4 Å². The number of anilines is 1. The summed E-state index contributed by atoms with van der Waals surface area (Å²) in [5, 5.41) is 12.9. The quantitative estimate of drug-likeness (QED) is 0.849. The average molecular weight is 322 g/mol. The molecule has 1 aromatic carbocycles. The van der Waals surface area contributed by atoms with E-state index in [4.69, 9.17) is 14.6 Å². The van der Waals surface area contributed by atoms with Crippen molar-refractivity contribution in [1.82, 2.24) is 4.98 Å². The van der Waals surface area contributed by atoms with E-state index < -0.39 is 5.97 Å². The Labute approximate surface area is 132 Å². The molecule has 118 valence electrons. The van der Waals surface area contributed by atoms with Gasteiger partial charge in [0, 0.05) is 0 Å². The Kier molecular flexibility index (Phi) is 4.87. The Morgan fingerprint density at radius 1 is 1.32 bits per heavy atom. The predicted octanol–water partition coefficient (Wildman–Crippen LogP) is 3.34. The molecule has 1 heterocycles. The number of rotatable bonds is 6. The van der Waals surface area contributed by atoms with E-state index >= 15 is 0 Å². The molecule has 0 saturated carbocycles. The van der Waals surface area contributed by atoms with Crippen LogP contribution in [0.4, 0.5) is 5.13 Å². The van der Waals surface area contributed by atoms with E-state index in [2.05, 4.69) is 10.3 Å². The van der Waals surface area contributed by atoms with E-state index in [1.54, 1.807) is 21.1 Å². The lowest BCUT2D eigenvalue weighted by molar-refractivity contribution is 0.0701. The lowest BCUT2D eigenvalue weighted by Gasteiger charge is -2.15. The third kappa shape index (κ3) is 3.30. The second kappa shape index (κ2) is 6.65. The van der Waals surface area contributed by atoms with E-state index in [0.29, 0.717) is 22.3 Å². The molecule has 0 spiro atoms. The van der Waals surface area contributed by atoms with E-state index in [-0.39, 0.29) is 10.9 Å². The maximum absolute atomic E-state index is 11.1. The van der Waals surface area contributed by atoms with Crippen molar-refractivity contribution in [3.63, 3.8) is 0 Å². The van der Waals surface area contributed by atoms with Crippen LogP contribution in [0.1, 0.15) is 33.9 Å². The van der Waals surface area contributed by atoms with E-state index in [0.717, 1.165) is 16.9 Å². The zero-order valence-electron chi connectivity index (χ0n) is 12.8. The van der Waals surface area contributed by atoms with Crippen molar-refractivity contribution < 1.29 is 19.4 Å². The maximum Gasteiger partial charge on any atom is 0.347 e. The molecule has 1 atom stereocenters. The number of nitrogens with one attached hydrogen (secondary N) is 1. The summed E-state index contributed by atoms with van der Waals surface area (Å²) in [7, 11) is 3.17. The molecule has 0 fully saturated rings. The molecule has 1 aromatic heterocycles. The molecule has 0 aliphatic rings. The topological polar surface area (TPSA) is 80.7 Å². The van der Waals surface area contributed by atoms with Gasteiger partial charge in [0.2, 0.25) is 0 Å². The fourth-order valence-electron chi connectivity index (χ4n) is 2.05. The Morgan fingerprint density at radius 3 is 2.55 bits per heavy atom. The van der Waals surface area contributed by atoms with E-state index in [1.165, 1.54) is 0 Å². The minimum Gasteiger partial charge on any atom is -0.493 e. The number of hydrogen-bond acceptors (Lipinski definition) is 6. The van der Waals surface area contributed by atoms with Gasteiger partial charge in [0.15, 0.2) is 16.6 Å². The van der Waals surface area contributed by atoms with Crippen molar-refractivity contribution in [2.75, 3.05) is 19.5 Å². The number of benzene rings is 1. The summed E-state index contributed by atoms with van der Waals surface area (Å²) >= 11 is 1.13. The highest BCUT2D eigenvalue weighted by Crippen LogP contribution is 2.32. The second-order valence-electron chi connectivity index (χ2n) is 4.72. The lowest BCUT2D eigenvalue weighted by Crippen LogP contribution is -2.06. The van der Waals surface area contributed by atoms with Gasteiger partial charge in [-0.3, -0.25) is 0 Å². The highest BCUT2D eigenvalue weighted by molar-refractivity contribution is 7.17. The van der Waals surface area contributed by atoms with Gasteiger partial charge in [0.05, 0.1) is 26.0 Å². The smallest absolute Gasteiger partial charge is 0.347 e. The summed E-state index contributed by atoms with van der Waals surface area (Å²) in [6.45, 7) is 3.66. The number of nitrogens with zero attached hydrogens (tertiary/aromatic N) is 1. The van der Waals surface area contributed by atoms with Gasteiger partial charge in [-0.2, -0.15) is 0 Å². The Hall–Kier alpha value is -2.28. The van der Waals surface area contributed by atoms with Gasteiger partial charge in [-0.1, -0.05) is 17.4 Å². The lowest BCUT2D eigenvalue weighted by atomic mass is 10.1. The molecule has 0 aliphatic carbocycles. The maximum atomic E-state index is 11.1. The van der Waals surface area contributed by atoms with Gasteiger partial charge in [-0.15, -0.1) is 0 Å². The van der Waals surface area contributed by atoms with Gasteiger partial charge >= 0.3 is 5.97 Å². The molecule has 2 aromatic rings. The molecule has 0 unspecified atom stereocenters. The van der Waals surface area contributed by atoms with E-state index in [9.17, 15) is 4.79 Å². The van der Waals surface area contributed by atoms with E-state index in [1.807, 2.05) is 25.1 Å². The number of thiazole rings is 1. The SMILES string of the molecule is COc1ccc([C@@H](C)Nc2nc(C)c(C(=O)O)s2)cc1OC. The molecule has 0 radical (unpaired) electrons. The van der Waals surface area contributed by atoms with Crippen LogP contribution in [0.25, 0.3) is 0 Å². The van der Waals surface area contributed by atoms with Gasteiger partial charge in [0.25, 0.3) is 0 Å². The van der Waals surface area contributed by atoms with Crippen LogP contribution < -0.4 is 14.8 Å². The number of carboxylic acid groups (broad SMARTS) is 1. The normalized spacial score (nSPS) is 11.8. The Morgan fingerprint density at radius 2 is 2.00 bits per heavy atom. The molecule has 2 N–H and O–H groups in total.